The third-order valence-corrected chi connectivity index (χ3v) is 6.26. The normalized spacial score (nSPS) is 19.4. The molecule has 2 N–H and O–H groups in total. The van der Waals surface area contributed by atoms with Crippen molar-refractivity contribution in [3.8, 4) is 0 Å². The molecule has 27 heavy (non-hydrogen) atoms. The maximum atomic E-state index is 12.2. The summed E-state index contributed by atoms with van der Waals surface area (Å²) in [7, 11) is 0. The van der Waals surface area contributed by atoms with Crippen LogP contribution in [0.25, 0.3) is 0 Å². The molecule has 2 fully saturated rings. The summed E-state index contributed by atoms with van der Waals surface area (Å²) in [6.45, 7) is 9.22. The third-order valence-electron chi connectivity index (χ3n) is 5.40. The Labute approximate surface area is 167 Å². The minimum absolute atomic E-state index is 0.145. The van der Waals surface area contributed by atoms with Gasteiger partial charge in [-0.15, -0.1) is 11.3 Å². The summed E-state index contributed by atoms with van der Waals surface area (Å²) in [5, 5.41) is 8.87. The summed E-state index contributed by atoms with van der Waals surface area (Å²) in [6.07, 6.45) is 4.67. The standard InChI is InChI=1S/C20H33N5OS/c1-2-21-20(23-15-19(26)25-9-3-4-10-25)22-14-17-7-11-24(12-8-17)16-18-6-5-13-27-18/h5-6,13,17H,2-4,7-12,14-16H2,1H3,(H2,21,22,23). The van der Waals surface area contributed by atoms with Gasteiger partial charge in [0.1, 0.15) is 6.54 Å². The predicted octanol–water partition coefficient (Wildman–Crippen LogP) is 2.14. The molecule has 0 bridgehead atoms. The van der Waals surface area contributed by atoms with E-state index in [2.05, 4.69) is 45.0 Å². The van der Waals surface area contributed by atoms with Gasteiger partial charge < -0.3 is 15.5 Å². The average molecular weight is 392 g/mol. The molecular weight excluding hydrogens is 358 g/mol. The zero-order chi connectivity index (χ0) is 18.9. The fourth-order valence-corrected chi connectivity index (χ4v) is 4.51. The first-order chi connectivity index (χ1) is 13.2. The molecule has 0 atom stereocenters. The quantitative estimate of drug-likeness (QED) is 0.552. The number of nitrogens with one attached hydrogen (secondary N) is 2. The number of amides is 1. The van der Waals surface area contributed by atoms with E-state index in [1.54, 1.807) is 0 Å². The number of guanidine groups is 1. The molecule has 150 valence electrons. The molecule has 0 spiro atoms. The molecule has 7 heteroatoms. The first-order valence-corrected chi connectivity index (χ1v) is 11.2. The fourth-order valence-electron chi connectivity index (χ4n) is 3.77. The van der Waals surface area contributed by atoms with Crippen molar-refractivity contribution in [2.24, 2.45) is 10.9 Å². The van der Waals surface area contributed by atoms with E-state index in [4.69, 9.17) is 0 Å². The lowest BCUT2D eigenvalue weighted by atomic mass is 9.97. The van der Waals surface area contributed by atoms with Crippen molar-refractivity contribution in [2.45, 2.75) is 39.2 Å². The van der Waals surface area contributed by atoms with Gasteiger partial charge in [0.2, 0.25) is 5.91 Å². The van der Waals surface area contributed by atoms with E-state index in [1.165, 1.54) is 17.7 Å². The molecule has 0 saturated carbocycles. The Kier molecular flexibility index (Phi) is 7.95. The van der Waals surface area contributed by atoms with Gasteiger partial charge in [-0.3, -0.25) is 9.69 Å². The van der Waals surface area contributed by atoms with Crippen LogP contribution in [0.2, 0.25) is 0 Å². The van der Waals surface area contributed by atoms with Crippen molar-refractivity contribution in [3.63, 3.8) is 0 Å². The number of carbonyl (C=O) groups is 1. The zero-order valence-corrected chi connectivity index (χ0v) is 17.3. The largest absolute Gasteiger partial charge is 0.357 e. The van der Waals surface area contributed by atoms with E-state index >= 15 is 0 Å². The van der Waals surface area contributed by atoms with Crippen molar-refractivity contribution < 1.29 is 4.79 Å². The summed E-state index contributed by atoms with van der Waals surface area (Å²) in [5.74, 6) is 1.58. The van der Waals surface area contributed by atoms with E-state index < -0.39 is 0 Å². The Hall–Kier alpha value is -1.60. The van der Waals surface area contributed by atoms with Crippen molar-refractivity contribution in [1.29, 1.82) is 0 Å². The van der Waals surface area contributed by atoms with Gasteiger partial charge in [-0.25, -0.2) is 4.99 Å². The Morgan fingerprint density at radius 3 is 2.67 bits per heavy atom. The van der Waals surface area contributed by atoms with Gasteiger partial charge in [0.05, 0.1) is 0 Å². The van der Waals surface area contributed by atoms with E-state index in [9.17, 15) is 4.79 Å². The first kappa shape index (κ1) is 20.1. The highest BCUT2D eigenvalue weighted by atomic mass is 32.1. The molecule has 1 aromatic rings. The van der Waals surface area contributed by atoms with Gasteiger partial charge in [0.25, 0.3) is 0 Å². The van der Waals surface area contributed by atoms with E-state index in [0.717, 1.165) is 64.6 Å². The molecule has 3 rings (SSSR count). The lowest BCUT2D eigenvalue weighted by molar-refractivity contribution is -0.128. The van der Waals surface area contributed by atoms with E-state index in [-0.39, 0.29) is 12.5 Å². The number of nitrogens with zero attached hydrogens (tertiary/aromatic N) is 3. The molecule has 2 aliphatic heterocycles. The Morgan fingerprint density at radius 1 is 1.22 bits per heavy atom. The van der Waals surface area contributed by atoms with Crippen LogP contribution in [-0.2, 0) is 11.3 Å². The van der Waals surface area contributed by atoms with Crippen LogP contribution in [0.4, 0.5) is 0 Å². The maximum Gasteiger partial charge on any atom is 0.244 e. The second-order valence-corrected chi connectivity index (χ2v) is 8.50. The highest BCUT2D eigenvalue weighted by molar-refractivity contribution is 7.09. The minimum atomic E-state index is 0.145. The van der Waals surface area contributed by atoms with Crippen molar-refractivity contribution in [3.05, 3.63) is 22.4 Å². The lowest BCUT2D eigenvalue weighted by Gasteiger charge is -2.32. The highest BCUT2D eigenvalue weighted by Crippen LogP contribution is 2.20. The minimum Gasteiger partial charge on any atom is -0.357 e. The molecule has 1 aromatic heterocycles. The van der Waals surface area contributed by atoms with Gasteiger partial charge in [0, 0.05) is 37.6 Å². The second kappa shape index (κ2) is 10.7. The Bertz CT molecular complexity index is 590. The summed E-state index contributed by atoms with van der Waals surface area (Å²) in [4.78, 5) is 22.6. The average Bonchev–Trinajstić information content (AvgIpc) is 3.39. The molecular formula is C20H33N5OS. The molecule has 2 saturated heterocycles. The van der Waals surface area contributed by atoms with Gasteiger partial charge in [-0.05, 0) is 63.1 Å². The van der Waals surface area contributed by atoms with E-state index in [0.29, 0.717) is 5.92 Å². The molecule has 3 heterocycles. The van der Waals surface area contributed by atoms with E-state index in [1.807, 2.05) is 16.2 Å². The Morgan fingerprint density at radius 2 is 2.00 bits per heavy atom. The number of rotatable bonds is 7. The number of piperidine rings is 1. The van der Waals surface area contributed by atoms with Crippen molar-refractivity contribution in [1.82, 2.24) is 20.4 Å². The smallest absolute Gasteiger partial charge is 0.244 e. The second-order valence-electron chi connectivity index (χ2n) is 7.46. The molecule has 0 radical (unpaired) electrons. The predicted molar refractivity (Wildman–Crippen MR) is 112 cm³/mol. The number of hydrogen-bond donors (Lipinski definition) is 2. The topological polar surface area (TPSA) is 60.0 Å². The van der Waals surface area contributed by atoms with Gasteiger partial charge in [-0.2, -0.15) is 0 Å². The lowest BCUT2D eigenvalue weighted by Crippen LogP contribution is -2.43. The summed E-state index contributed by atoms with van der Waals surface area (Å²) >= 11 is 1.84. The summed E-state index contributed by atoms with van der Waals surface area (Å²) in [5.41, 5.74) is 0. The molecule has 6 nitrogen and oxygen atoms in total. The zero-order valence-electron chi connectivity index (χ0n) is 16.5. The van der Waals surface area contributed by atoms with Crippen LogP contribution < -0.4 is 10.6 Å². The van der Waals surface area contributed by atoms with Crippen LogP contribution in [0.1, 0.15) is 37.5 Å². The Balaban J connectivity index is 1.38. The van der Waals surface area contributed by atoms with Gasteiger partial charge in [-0.1, -0.05) is 6.07 Å². The first-order valence-electron chi connectivity index (χ1n) is 10.3. The number of aliphatic imine (C=N–C) groups is 1. The van der Waals surface area contributed by atoms with Gasteiger partial charge >= 0.3 is 0 Å². The van der Waals surface area contributed by atoms with Crippen LogP contribution in [-0.4, -0.2) is 67.5 Å². The number of carbonyl (C=O) groups excluding carboxylic acids is 1. The third kappa shape index (κ3) is 6.50. The summed E-state index contributed by atoms with van der Waals surface area (Å²) < 4.78 is 0. The van der Waals surface area contributed by atoms with Crippen LogP contribution in [0.15, 0.2) is 22.5 Å². The monoisotopic (exact) mass is 391 g/mol. The van der Waals surface area contributed by atoms with Gasteiger partial charge in [0.15, 0.2) is 5.96 Å². The van der Waals surface area contributed by atoms with Crippen LogP contribution in [0.3, 0.4) is 0 Å². The molecule has 1 amide bonds. The highest BCUT2D eigenvalue weighted by Gasteiger charge is 2.20. The van der Waals surface area contributed by atoms with Crippen molar-refractivity contribution >= 4 is 23.2 Å². The van der Waals surface area contributed by atoms with Crippen LogP contribution >= 0.6 is 11.3 Å². The fraction of sp³-hybridized carbons (Fsp3) is 0.700. The number of thiophene rings is 1. The molecule has 0 aromatic carbocycles. The molecule has 0 aliphatic carbocycles. The summed E-state index contributed by atoms with van der Waals surface area (Å²) in [6, 6.07) is 4.35. The van der Waals surface area contributed by atoms with Crippen molar-refractivity contribution in [2.75, 3.05) is 45.8 Å². The number of likely N-dealkylation sites (tertiary alicyclic amines) is 2. The molecule has 2 aliphatic rings. The number of hydrogen-bond acceptors (Lipinski definition) is 4. The maximum absolute atomic E-state index is 12.2. The molecule has 0 unspecified atom stereocenters. The SMILES string of the molecule is CCNC(=NCC(=O)N1CCCC1)NCC1CCN(Cc2cccs2)CC1. The van der Waals surface area contributed by atoms with Crippen LogP contribution in [0, 0.1) is 5.92 Å². The van der Waals surface area contributed by atoms with Crippen LogP contribution in [0.5, 0.6) is 0 Å².